The zero-order valence-corrected chi connectivity index (χ0v) is 15.4. The number of aromatic nitrogens is 2. The highest BCUT2D eigenvalue weighted by molar-refractivity contribution is 7.80. The van der Waals surface area contributed by atoms with E-state index in [1.54, 1.807) is 20.4 Å². The Balaban J connectivity index is 1.68. The first-order chi connectivity index (χ1) is 12.7. The maximum absolute atomic E-state index is 5.43. The largest absolute Gasteiger partial charge is 0.497 e. The van der Waals surface area contributed by atoms with Crippen LogP contribution in [-0.2, 0) is 6.54 Å². The minimum atomic E-state index is 0.466. The van der Waals surface area contributed by atoms with Crippen molar-refractivity contribution in [3.8, 4) is 11.5 Å². The lowest BCUT2D eigenvalue weighted by Gasteiger charge is -2.15. The Kier molecular flexibility index (Phi) is 5.70. The van der Waals surface area contributed by atoms with Crippen molar-refractivity contribution in [2.75, 3.05) is 24.9 Å². The lowest BCUT2D eigenvalue weighted by molar-refractivity contribution is 0.405. The maximum atomic E-state index is 5.43. The van der Waals surface area contributed by atoms with E-state index >= 15 is 0 Å². The average molecular weight is 368 g/mol. The zero-order chi connectivity index (χ0) is 18.4. The normalized spacial score (nSPS) is 10.2. The molecule has 7 heteroatoms. The highest BCUT2D eigenvalue weighted by atomic mass is 32.1. The minimum absolute atomic E-state index is 0.466. The first kappa shape index (κ1) is 17.8. The van der Waals surface area contributed by atoms with Gasteiger partial charge in [-0.25, -0.2) is 0 Å². The van der Waals surface area contributed by atoms with Gasteiger partial charge in [0.2, 0.25) is 0 Å². The molecule has 0 aliphatic heterocycles. The highest BCUT2D eigenvalue weighted by Crippen LogP contribution is 2.29. The van der Waals surface area contributed by atoms with Gasteiger partial charge in [0.05, 0.1) is 26.5 Å². The fourth-order valence-corrected chi connectivity index (χ4v) is 2.75. The molecule has 1 aromatic heterocycles. The van der Waals surface area contributed by atoms with Crippen LogP contribution in [0.25, 0.3) is 0 Å². The van der Waals surface area contributed by atoms with Crippen LogP contribution in [0.2, 0.25) is 0 Å². The first-order valence-electron chi connectivity index (χ1n) is 8.04. The summed E-state index contributed by atoms with van der Waals surface area (Å²) in [6.45, 7) is 0.701. The van der Waals surface area contributed by atoms with E-state index in [1.807, 2.05) is 53.3 Å². The van der Waals surface area contributed by atoms with Crippen LogP contribution in [0.5, 0.6) is 11.5 Å². The van der Waals surface area contributed by atoms with Gasteiger partial charge in [-0.15, -0.1) is 0 Å². The lowest BCUT2D eigenvalue weighted by atomic mass is 10.2. The van der Waals surface area contributed by atoms with E-state index in [2.05, 4.69) is 21.8 Å². The van der Waals surface area contributed by atoms with Crippen molar-refractivity contribution < 1.29 is 9.47 Å². The summed E-state index contributed by atoms with van der Waals surface area (Å²) in [4.78, 5) is 0. The summed E-state index contributed by atoms with van der Waals surface area (Å²) in [5.41, 5.74) is 2.76. The molecule has 0 aliphatic carbocycles. The van der Waals surface area contributed by atoms with Crippen LogP contribution in [-0.4, -0.2) is 29.1 Å². The number of thiocarbonyl (C=S) groups is 1. The molecule has 2 aromatic carbocycles. The van der Waals surface area contributed by atoms with Gasteiger partial charge in [-0.1, -0.05) is 12.1 Å². The van der Waals surface area contributed by atoms with Crippen LogP contribution in [0.15, 0.2) is 60.9 Å². The van der Waals surface area contributed by atoms with Crippen LogP contribution in [0, 0.1) is 0 Å². The van der Waals surface area contributed by atoms with E-state index < -0.39 is 0 Å². The van der Waals surface area contributed by atoms with Crippen LogP contribution < -0.4 is 20.1 Å². The van der Waals surface area contributed by atoms with Crippen molar-refractivity contribution in [3.05, 3.63) is 66.5 Å². The number of methoxy groups -OCH3 is 2. The Labute approximate surface area is 157 Å². The third-order valence-electron chi connectivity index (χ3n) is 3.74. The molecule has 3 aromatic rings. The summed E-state index contributed by atoms with van der Waals surface area (Å²) >= 11 is 5.43. The summed E-state index contributed by atoms with van der Waals surface area (Å²) in [5, 5.41) is 11.0. The van der Waals surface area contributed by atoms with Crippen LogP contribution >= 0.6 is 12.2 Å². The Morgan fingerprint density at radius 3 is 2.69 bits per heavy atom. The molecule has 0 amide bonds. The Morgan fingerprint density at radius 1 is 1.08 bits per heavy atom. The predicted molar refractivity (Wildman–Crippen MR) is 107 cm³/mol. The zero-order valence-electron chi connectivity index (χ0n) is 14.6. The van der Waals surface area contributed by atoms with E-state index in [1.165, 1.54) is 0 Å². The molecule has 0 unspecified atom stereocenters. The molecular weight excluding hydrogens is 348 g/mol. The molecule has 2 N–H and O–H groups in total. The number of hydrogen-bond donors (Lipinski definition) is 2. The molecule has 1 heterocycles. The van der Waals surface area contributed by atoms with Gasteiger partial charge in [-0.3, -0.25) is 4.68 Å². The van der Waals surface area contributed by atoms with Crippen molar-refractivity contribution in [2.24, 2.45) is 0 Å². The number of nitrogens with one attached hydrogen (secondary N) is 2. The van der Waals surface area contributed by atoms with E-state index in [0.717, 1.165) is 22.7 Å². The summed E-state index contributed by atoms with van der Waals surface area (Å²) < 4.78 is 12.5. The minimum Gasteiger partial charge on any atom is -0.497 e. The topological polar surface area (TPSA) is 60.3 Å². The summed E-state index contributed by atoms with van der Waals surface area (Å²) in [7, 11) is 3.23. The number of benzene rings is 2. The van der Waals surface area contributed by atoms with E-state index in [9.17, 15) is 0 Å². The second-order valence-corrected chi connectivity index (χ2v) is 5.96. The second kappa shape index (κ2) is 8.35. The Hall–Kier alpha value is -3.06. The SMILES string of the molecule is COc1ccc(OC)c(NC(=S)Nc2cccc(Cn3cccn3)c2)c1. The van der Waals surface area contributed by atoms with Crippen LogP contribution in [0.3, 0.4) is 0 Å². The van der Waals surface area contributed by atoms with Gasteiger partial charge in [0.1, 0.15) is 11.5 Å². The third kappa shape index (κ3) is 4.52. The number of hydrogen-bond acceptors (Lipinski definition) is 4. The quantitative estimate of drug-likeness (QED) is 0.646. The molecule has 0 atom stereocenters. The van der Waals surface area contributed by atoms with Gasteiger partial charge < -0.3 is 20.1 Å². The van der Waals surface area contributed by atoms with Gasteiger partial charge >= 0.3 is 0 Å². The summed E-state index contributed by atoms with van der Waals surface area (Å²) in [6, 6.07) is 15.4. The highest BCUT2D eigenvalue weighted by Gasteiger charge is 2.07. The molecule has 0 radical (unpaired) electrons. The second-order valence-electron chi connectivity index (χ2n) is 5.55. The maximum Gasteiger partial charge on any atom is 0.175 e. The standard InChI is InChI=1S/C19H20N4O2S/c1-24-16-7-8-18(25-2)17(12-16)22-19(26)21-15-6-3-5-14(11-15)13-23-10-4-9-20-23/h3-12H,13H2,1-2H3,(H2,21,22,26). The van der Waals surface area contributed by atoms with E-state index in [4.69, 9.17) is 21.7 Å². The summed E-state index contributed by atoms with van der Waals surface area (Å²) in [6.07, 6.45) is 3.70. The van der Waals surface area contributed by atoms with Gasteiger partial charge in [-0.05, 0) is 48.1 Å². The molecule has 6 nitrogen and oxygen atoms in total. The number of nitrogens with zero attached hydrogens (tertiary/aromatic N) is 2. The molecule has 3 rings (SSSR count). The molecule has 134 valence electrons. The van der Waals surface area contributed by atoms with Crippen molar-refractivity contribution in [2.45, 2.75) is 6.54 Å². The Bertz CT molecular complexity index is 881. The fraction of sp³-hybridized carbons (Fsp3) is 0.158. The molecule has 0 bridgehead atoms. The molecule has 0 saturated carbocycles. The van der Waals surface area contributed by atoms with Crippen LogP contribution in [0.1, 0.15) is 5.56 Å². The van der Waals surface area contributed by atoms with E-state index in [0.29, 0.717) is 17.4 Å². The predicted octanol–water partition coefficient (Wildman–Crippen LogP) is 3.76. The van der Waals surface area contributed by atoms with Crippen molar-refractivity contribution in [3.63, 3.8) is 0 Å². The molecule has 26 heavy (non-hydrogen) atoms. The van der Waals surface area contributed by atoms with Gasteiger partial charge in [0, 0.05) is 24.1 Å². The lowest BCUT2D eigenvalue weighted by Crippen LogP contribution is -2.19. The van der Waals surface area contributed by atoms with Crippen molar-refractivity contribution in [1.29, 1.82) is 0 Å². The van der Waals surface area contributed by atoms with Crippen molar-refractivity contribution in [1.82, 2.24) is 9.78 Å². The van der Waals surface area contributed by atoms with Gasteiger partial charge in [-0.2, -0.15) is 5.10 Å². The first-order valence-corrected chi connectivity index (χ1v) is 8.45. The monoisotopic (exact) mass is 368 g/mol. The molecule has 0 aliphatic rings. The van der Waals surface area contributed by atoms with E-state index in [-0.39, 0.29) is 0 Å². The van der Waals surface area contributed by atoms with Gasteiger partial charge in [0.25, 0.3) is 0 Å². The molecule has 0 spiro atoms. The van der Waals surface area contributed by atoms with Gasteiger partial charge in [0.15, 0.2) is 5.11 Å². The van der Waals surface area contributed by atoms with Crippen LogP contribution in [0.4, 0.5) is 11.4 Å². The number of anilines is 2. The molecule has 0 fully saturated rings. The average Bonchev–Trinajstić information content (AvgIpc) is 3.14. The molecule has 0 saturated heterocycles. The summed E-state index contributed by atoms with van der Waals surface area (Å²) in [5.74, 6) is 1.40. The number of ether oxygens (including phenoxy) is 2. The smallest absolute Gasteiger partial charge is 0.175 e. The Morgan fingerprint density at radius 2 is 1.96 bits per heavy atom. The van der Waals surface area contributed by atoms with Crippen molar-refractivity contribution >= 4 is 28.7 Å². The molecular formula is C19H20N4O2S. The number of rotatable bonds is 6. The third-order valence-corrected chi connectivity index (χ3v) is 3.95. The fourth-order valence-electron chi connectivity index (χ4n) is 2.52.